The van der Waals surface area contributed by atoms with E-state index >= 15 is 0 Å². The van der Waals surface area contributed by atoms with Gasteiger partial charge in [-0.15, -0.1) is 0 Å². The van der Waals surface area contributed by atoms with Crippen LogP contribution in [0.25, 0.3) is 28.1 Å². The first kappa shape index (κ1) is 42.5. The van der Waals surface area contributed by atoms with E-state index in [0.717, 1.165) is 57.3 Å². The number of pyridine rings is 1. The summed E-state index contributed by atoms with van der Waals surface area (Å²) in [6.07, 6.45) is 4.51. The van der Waals surface area contributed by atoms with Gasteiger partial charge in [0.2, 0.25) is 0 Å². The summed E-state index contributed by atoms with van der Waals surface area (Å²) in [5, 5.41) is 0.769. The van der Waals surface area contributed by atoms with Crippen molar-refractivity contribution in [3.05, 3.63) is 137 Å². The highest BCUT2D eigenvalue weighted by atomic mass is 31.2. The molecule has 10 heteroatoms. The predicted octanol–water partition coefficient (Wildman–Crippen LogP) is 12.4. The molecule has 5 aromatic rings. The monoisotopic (exact) mass is 819 g/mol. The molecule has 1 aliphatic carbocycles. The van der Waals surface area contributed by atoms with E-state index in [1.807, 2.05) is 60.7 Å². The second-order valence-electron chi connectivity index (χ2n) is 17.2. The molecule has 310 valence electrons. The van der Waals surface area contributed by atoms with E-state index in [9.17, 15) is 13.8 Å². The molecule has 0 spiro atoms. The van der Waals surface area contributed by atoms with Crippen molar-refractivity contribution in [2.75, 3.05) is 6.35 Å². The molecule has 1 aromatic heterocycles. The van der Waals surface area contributed by atoms with Gasteiger partial charge in [0, 0.05) is 28.9 Å². The zero-order valence-corrected chi connectivity index (χ0v) is 35.9. The lowest BCUT2D eigenvalue weighted by Gasteiger charge is -2.48. The van der Waals surface area contributed by atoms with Crippen LogP contribution in [0.5, 0.6) is 5.75 Å². The van der Waals surface area contributed by atoms with Crippen LogP contribution in [0.3, 0.4) is 0 Å². The third kappa shape index (κ3) is 9.71. The van der Waals surface area contributed by atoms with Crippen LogP contribution in [-0.4, -0.2) is 41.7 Å². The molecule has 0 radical (unpaired) electrons. The minimum Gasteiger partial charge on any atom is -0.481 e. The first-order valence-corrected chi connectivity index (χ1v) is 22.4. The molecule has 1 aliphatic heterocycles. The lowest BCUT2D eigenvalue weighted by molar-refractivity contribution is -0.181. The van der Waals surface area contributed by atoms with Crippen molar-refractivity contribution in [1.29, 1.82) is 0 Å². The fourth-order valence-electron chi connectivity index (χ4n) is 8.16. The maximum Gasteiger partial charge on any atom is 0.368 e. The van der Waals surface area contributed by atoms with Crippen molar-refractivity contribution in [2.45, 2.75) is 110 Å². The number of carbonyl (C=O) groups excluding carboxylic acids is 1. The number of nitrogens with zero attached hydrogens (tertiary/aromatic N) is 1. The van der Waals surface area contributed by atoms with Crippen LogP contribution in [0.15, 0.2) is 109 Å². The normalized spacial score (nSPS) is 17.9. The van der Waals surface area contributed by atoms with Crippen LogP contribution < -0.4 is 4.74 Å². The summed E-state index contributed by atoms with van der Waals surface area (Å²) in [5.74, 6) is 0.0198. The maximum atomic E-state index is 14.4. The standard InChI is InChI=1S/C49H55FNO7P/c1-32(2)57-59(53,58-33(3)4)31-54-39-25-27-44-43(29-39)46(34-20-22-38(50)23-21-34)42(47(51-44)35-18-19-35)26-24-40-28-41(30-45(52)55-40)56-49(48(5,6)7,36-14-10-8-11-15-36)37-16-12-9-13-17-37/h8-17,20-27,29,32-33,35,40-41H,18-19,28,30-31H2,1-7H3/t40-,41-/m1/s1. The minimum absolute atomic E-state index is 0.119. The Morgan fingerprint density at radius 3 is 2.03 bits per heavy atom. The van der Waals surface area contributed by atoms with Gasteiger partial charge < -0.3 is 23.3 Å². The summed E-state index contributed by atoms with van der Waals surface area (Å²) in [7, 11) is -3.59. The molecular weight excluding hydrogens is 765 g/mol. The molecule has 59 heavy (non-hydrogen) atoms. The molecule has 0 amide bonds. The number of rotatable bonds is 15. The quantitative estimate of drug-likeness (QED) is 0.0761. The molecule has 1 saturated heterocycles. The molecule has 2 atom stereocenters. The topological polar surface area (TPSA) is 93.2 Å². The van der Waals surface area contributed by atoms with E-state index in [1.165, 1.54) is 12.1 Å². The molecule has 0 unspecified atom stereocenters. The number of fused-ring (bicyclic) bond motifs is 1. The summed E-state index contributed by atoms with van der Waals surface area (Å²) in [5.41, 5.74) is 4.92. The summed E-state index contributed by atoms with van der Waals surface area (Å²) >= 11 is 0. The minimum atomic E-state index is -3.59. The van der Waals surface area contributed by atoms with Gasteiger partial charge in [0.05, 0.1) is 35.9 Å². The smallest absolute Gasteiger partial charge is 0.368 e. The maximum absolute atomic E-state index is 14.4. The number of hydrogen-bond acceptors (Lipinski definition) is 8. The fraction of sp³-hybridized carbons (Fsp3) is 0.388. The zero-order valence-electron chi connectivity index (χ0n) is 35.0. The van der Waals surface area contributed by atoms with E-state index in [1.54, 1.807) is 45.9 Å². The van der Waals surface area contributed by atoms with Crippen molar-refractivity contribution < 1.29 is 37.0 Å². The van der Waals surface area contributed by atoms with Crippen LogP contribution in [0.2, 0.25) is 0 Å². The van der Waals surface area contributed by atoms with E-state index < -0.39 is 30.8 Å². The average Bonchev–Trinajstić information content (AvgIpc) is 4.04. The highest BCUT2D eigenvalue weighted by Crippen LogP contribution is 2.52. The van der Waals surface area contributed by atoms with Crippen molar-refractivity contribution in [2.24, 2.45) is 5.41 Å². The molecule has 4 aromatic carbocycles. The number of benzene rings is 4. The number of aromatic nitrogens is 1. The van der Waals surface area contributed by atoms with Gasteiger partial charge in [-0.05, 0) is 99.0 Å². The van der Waals surface area contributed by atoms with E-state index in [-0.39, 0.29) is 42.7 Å². The fourth-order valence-corrected chi connectivity index (χ4v) is 9.92. The predicted molar refractivity (Wildman–Crippen MR) is 231 cm³/mol. The van der Waals surface area contributed by atoms with Gasteiger partial charge in [-0.2, -0.15) is 0 Å². The molecule has 0 bridgehead atoms. The number of ether oxygens (including phenoxy) is 3. The van der Waals surface area contributed by atoms with Gasteiger partial charge in [-0.1, -0.05) is 99.6 Å². The highest BCUT2D eigenvalue weighted by Gasteiger charge is 2.49. The van der Waals surface area contributed by atoms with Crippen molar-refractivity contribution in [3.63, 3.8) is 0 Å². The van der Waals surface area contributed by atoms with Crippen molar-refractivity contribution >= 4 is 30.5 Å². The number of cyclic esters (lactones) is 1. The van der Waals surface area contributed by atoms with Gasteiger partial charge >= 0.3 is 13.6 Å². The second-order valence-corrected chi connectivity index (χ2v) is 19.1. The molecule has 2 heterocycles. The van der Waals surface area contributed by atoms with Crippen LogP contribution in [0.4, 0.5) is 4.39 Å². The lowest BCUT2D eigenvalue weighted by atomic mass is 9.68. The van der Waals surface area contributed by atoms with Crippen LogP contribution in [0.1, 0.15) is 102 Å². The largest absolute Gasteiger partial charge is 0.481 e. The Labute approximate surface area is 347 Å². The average molecular weight is 820 g/mol. The Morgan fingerprint density at radius 2 is 1.47 bits per heavy atom. The third-order valence-electron chi connectivity index (χ3n) is 10.7. The van der Waals surface area contributed by atoms with Crippen LogP contribution in [-0.2, 0) is 33.5 Å². The Kier molecular flexibility index (Phi) is 12.6. The third-order valence-corrected chi connectivity index (χ3v) is 12.6. The summed E-state index contributed by atoms with van der Waals surface area (Å²) in [6, 6.07) is 32.4. The summed E-state index contributed by atoms with van der Waals surface area (Å²) in [6.45, 7) is 13.7. The van der Waals surface area contributed by atoms with Gasteiger partial charge in [-0.3, -0.25) is 14.3 Å². The molecule has 2 fully saturated rings. The molecule has 1 saturated carbocycles. The van der Waals surface area contributed by atoms with Gasteiger partial charge in [0.15, 0.2) is 6.35 Å². The first-order chi connectivity index (χ1) is 28.1. The Hall–Kier alpha value is -4.66. The Balaban J connectivity index is 1.27. The van der Waals surface area contributed by atoms with Crippen molar-refractivity contribution in [1.82, 2.24) is 4.98 Å². The number of esters is 1. The number of halogens is 1. The van der Waals surface area contributed by atoms with Gasteiger partial charge in [0.1, 0.15) is 23.3 Å². The van der Waals surface area contributed by atoms with Crippen molar-refractivity contribution in [3.8, 4) is 16.9 Å². The van der Waals surface area contributed by atoms with Crippen LogP contribution in [0, 0.1) is 11.2 Å². The van der Waals surface area contributed by atoms with E-state index in [4.69, 9.17) is 28.2 Å². The highest BCUT2D eigenvalue weighted by molar-refractivity contribution is 7.53. The Bertz CT molecular complexity index is 2270. The SMILES string of the molecule is CC(C)OP(=O)(COc1ccc2nc(C3CC3)c(C=C[C@@H]3C[C@@H](OC(c4ccccc4)(c4ccccc4)C(C)(C)C)CC(=O)O3)c(-c3ccc(F)cc3)c2c1)OC(C)C. The van der Waals surface area contributed by atoms with E-state index in [2.05, 4.69) is 45.0 Å². The molecule has 0 N–H and O–H groups in total. The molecular formula is C49H55FNO7P. The Morgan fingerprint density at radius 1 is 0.864 bits per heavy atom. The van der Waals surface area contributed by atoms with Gasteiger partial charge in [0.25, 0.3) is 0 Å². The zero-order chi connectivity index (χ0) is 42.0. The summed E-state index contributed by atoms with van der Waals surface area (Å²) < 4.78 is 58.9. The number of carbonyl (C=O) groups is 1. The first-order valence-electron chi connectivity index (χ1n) is 20.6. The lowest BCUT2D eigenvalue weighted by Crippen LogP contribution is -2.48. The molecule has 2 aliphatic rings. The van der Waals surface area contributed by atoms with Crippen LogP contribution >= 0.6 is 7.60 Å². The second kappa shape index (κ2) is 17.5. The van der Waals surface area contributed by atoms with E-state index in [0.29, 0.717) is 12.2 Å². The van der Waals surface area contributed by atoms with Gasteiger partial charge in [-0.25, -0.2) is 4.39 Å². The number of hydrogen-bond donors (Lipinski definition) is 0. The molecule has 7 rings (SSSR count). The molecule has 8 nitrogen and oxygen atoms in total. The summed E-state index contributed by atoms with van der Waals surface area (Å²) in [4.78, 5) is 18.6.